The summed E-state index contributed by atoms with van der Waals surface area (Å²) in [4.78, 5) is 6.33. The minimum absolute atomic E-state index is 0.230. The van der Waals surface area contributed by atoms with E-state index in [1.807, 2.05) is 24.3 Å². The smallest absolute Gasteiger partial charge is 0.336 e. The maximum absolute atomic E-state index is 12.9. The van der Waals surface area contributed by atoms with Gasteiger partial charge in [0.1, 0.15) is 11.3 Å². The van der Waals surface area contributed by atoms with Crippen LogP contribution in [0.3, 0.4) is 0 Å². The Hall–Kier alpha value is -2.38. The summed E-state index contributed by atoms with van der Waals surface area (Å²) in [5.74, 6) is 0. The van der Waals surface area contributed by atoms with Crippen molar-refractivity contribution >= 4 is 11.0 Å². The largest absolute Gasteiger partial charge is 0.431 e. The summed E-state index contributed by atoms with van der Waals surface area (Å²) >= 11 is 0. The molecule has 0 aliphatic carbocycles. The number of halogens is 3. The molecule has 0 amide bonds. The molecule has 2 aromatic heterocycles. The maximum Gasteiger partial charge on any atom is 0.431 e. The van der Waals surface area contributed by atoms with E-state index in [1.165, 1.54) is 6.20 Å². The van der Waals surface area contributed by atoms with Crippen LogP contribution in [0.1, 0.15) is 11.3 Å². The number of nitrogens with zero attached hydrogens (tertiary/aromatic N) is 1. The summed E-state index contributed by atoms with van der Waals surface area (Å²) < 4.78 is 38.7. The molecule has 0 aliphatic heterocycles. The first-order valence-corrected chi connectivity index (χ1v) is 7.54. The number of nitrogens with one attached hydrogen (secondary N) is 2. The summed E-state index contributed by atoms with van der Waals surface area (Å²) in [5.41, 5.74) is 7.51. The highest BCUT2D eigenvalue weighted by atomic mass is 19.4. The van der Waals surface area contributed by atoms with Crippen molar-refractivity contribution in [2.45, 2.75) is 12.7 Å². The second-order valence-electron chi connectivity index (χ2n) is 5.46. The summed E-state index contributed by atoms with van der Waals surface area (Å²) in [7, 11) is 0. The Morgan fingerprint density at radius 1 is 1.12 bits per heavy atom. The number of alkyl halides is 3. The first kappa shape index (κ1) is 16.5. The molecule has 24 heavy (non-hydrogen) atoms. The van der Waals surface area contributed by atoms with Crippen LogP contribution >= 0.6 is 0 Å². The van der Waals surface area contributed by atoms with Gasteiger partial charge in [0.2, 0.25) is 0 Å². The molecule has 3 rings (SSSR count). The summed E-state index contributed by atoms with van der Waals surface area (Å²) in [5, 5.41) is 3.65. The summed E-state index contributed by atoms with van der Waals surface area (Å²) in [6.07, 6.45) is -2.92. The van der Waals surface area contributed by atoms with Crippen LogP contribution in [0, 0.1) is 0 Å². The molecule has 4 N–H and O–H groups in total. The fourth-order valence-corrected chi connectivity index (χ4v) is 2.57. The minimum Gasteiger partial charge on any atom is -0.336 e. The van der Waals surface area contributed by atoms with Gasteiger partial charge < -0.3 is 16.0 Å². The lowest BCUT2D eigenvalue weighted by atomic mass is 10.0. The predicted molar refractivity (Wildman–Crippen MR) is 87.3 cm³/mol. The SMILES string of the molecule is NCCNCc1ccc(-c2ccnc3[nH]c(C(F)(F)F)cc23)cc1. The molecule has 2 heterocycles. The molecule has 1 aromatic carbocycles. The number of H-pyrrole nitrogens is 1. The van der Waals surface area contributed by atoms with Gasteiger partial charge in [-0.3, -0.25) is 0 Å². The molecule has 0 atom stereocenters. The van der Waals surface area contributed by atoms with Crippen molar-refractivity contribution < 1.29 is 13.2 Å². The molecule has 0 spiro atoms. The monoisotopic (exact) mass is 334 g/mol. The van der Waals surface area contributed by atoms with E-state index >= 15 is 0 Å². The van der Waals surface area contributed by atoms with E-state index < -0.39 is 11.9 Å². The average Bonchev–Trinajstić information content (AvgIpc) is 3.00. The molecule has 4 nitrogen and oxygen atoms in total. The van der Waals surface area contributed by atoms with Crippen molar-refractivity contribution in [1.29, 1.82) is 0 Å². The van der Waals surface area contributed by atoms with E-state index in [2.05, 4.69) is 15.3 Å². The van der Waals surface area contributed by atoms with Crippen molar-refractivity contribution in [3.8, 4) is 11.1 Å². The molecule has 0 bridgehead atoms. The molecule has 0 unspecified atom stereocenters. The van der Waals surface area contributed by atoms with E-state index in [0.717, 1.165) is 23.7 Å². The van der Waals surface area contributed by atoms with E-state index in [0.29, 0.717) is 24.0 Å². The summed E-state index contributed by atoms with van der Waals surface area (Å²) in [6.45, 7) is 2.00. The number of rotatable bonds is 5. The second-order valence-corrected chi connectivity index (χ2v) is 5.46. The highest BCUT2D eigenvalue weighted by Gasteiger charge is 2.33. The lowest BCUT2D eigenvalue weighted by Crippen LogP contribution is -2.21. The normalized spacial score (nSPS) is 12.0. The zero-order valence-corrected chi connectivity index (χ0v) is 12.8. The third kappa shape index (κ3) is 3.42. The van der Waals surface area contributed by atoms with Crippen molar-refractivity contribution in [1.82, 2.24) is 15.3 Å². The van der Waals surface area contributed by atoms with Gasteiger partial charge in [0.15, 0.2) is 0 Å². The van der Waals surface area contributed by atoms with Crippen LogP contribution in [0.5, 0.6) is 0 Å². The van der Waals surface area contributed by atoms with Crippen molar-refractivity contribution in [2.24, 2.45) is 5.73 Å². The van der Waals surface area contributed by atoms with Gasteiger partial charge in [-0.05, 0) is 28.8 Å². The highest BCUT2D eigenvalue weighted by Crippen LogP contribution is 2.34. The molecule has 0 fully saturated rings. The van der Waals surface area contributed by atoms with Gasteiger partial charge in [-0.1, -0.05) is 24.3 Å². The van der Waals surface area contributed by atoms with Crippen molar-refractivity contribution in [3.05, 3.63) is 53.9 Å². The Morgan fingerprint density at radius 2 is 1.88 bits per heavy atom. The first-order chi connectivity index (χ1) is 11.5. The van der Waals surface area contributed by atoms with Gasteiger partial charge in [0.05, 0.1) is 0 Å². The third-order valence-electron chi connectivity index (χ3n) is 3.75. The number of aromatic amines is 1. The quantitative estimate of drug-likeness (QED) is 0.627. The van der Waals surface area contributed by atoms with E-state index in [4.69, 9.17) is 5.73 Å². The highest BCUT2D eigenvalue weighted by molar-refractivity contribution is 5.93. The van der Waals surface area contributed by atoms with Crippen molar-refractivity contribution in [2.75, 3.05) is 13.1 Å². The Morgan fingerprint density at radius 3 is 2.54 bits per heavy atom. The molecule has 3 aromatic rings. The van der Waals surface area contributed by atoms with Crippen LogP contribution in [0.25, 0.3) is 22.2 Å². The number of benzene rings is 1. The van der Waals surface area contributed by atoms with Gasteiger partial charge in [-0.25, -0.2) is 4.98 Å². The lowest BCUT2D eigenvalue weighted by molar-refractivity contribution is -0.140. The van der Waals surface area contributed by atoms with Crippen LogP contribution in [-0.2, 0) is 12.7 Å². The average molecular weight is 334 g/mol. The molecule has 7 heteroatoms. The zero-order chi connectivity index (χ0) is 17.2. The molecular formula is C17H17F3N4. The van der Waals surface area contributed by atoms with Gasteiger partial charge >= 0.3 is 6.18 Å². The topological polar surface area (TPSA) is 66.7 Å². The number of hydrogen-bond donors (Lipinski definition) is 3. The van der Waals surface area contributed by atoms with Crippen LogP contribution in [0.15, 0.2) is 42.6 Å². The molecule has 0 saturated carbocycles. The van der Waals surface area contributed by atoms with Gasteiger partial charge in [0.25, 0.3) is 0 Å². The van der Waals surface area contributed by atoms with E-state index in [-0.39, 0.29) is 5.65 Å². The third-order valence-corrected chi connectivity index (χ3v) is 3.75. The van der Waals surface area contributed by atoms with Gasteiger partial charge in [0, 0.05) is 31.2 Å². The fourth-order valence-electron chi connectivity index (χ4n) is 2.57. The molecule has 0 aliphatic rings. The van der Waals surface area contributed by atoms with Crippen LogP contribution in [-0.4, -0.2) is 23.1 Å². The Kier molecular flexibility index (Phi) is 4.55. The lowest BCUT2D eigenvalue weighted by Gasteiger charge is -2.06. The van der Waals surface area contributed by atoms with Crippen LogP contribution in [0.4, 0.5) is 13.2 Å². The second kappa shape index (κ2) is 6.62. The van der Waals surface area contributed by atoms with Gasteiger partial charge in [-0.15, -0.1) is 0 Å². The molecule has 0 radical (unpaired) electrons. The minimum atomic E-state index is -4.42. The summed E-state index contributed by atoms with van der Waals surface area (Å²) in [6, 6.07) is 10.5. The standard InChI is InChI=1S/C17H17F3N4/c18-17(19,20)15-9-14-13(5-7-23-16(14)24-15)12-3-1-11(2-4-12)10-22-8-6-21/h1-5,7,9,22H,6,8,10,21H2,(H,23,24). The fraction of sp³-hybridized carbons (Fsp3) is 0.235. The number of nitrogens with two attached hydrogens (primary N) is 1. The Balaban J connectivity index is 1.93. The van der Waals surface area contributed by atoms with Crippen LogP contribution < -0.4 is 11.1 Å². The van der Waals surface area contributed by atoms with Gasteiger partial charge in [-0.2, -0.15) is 13.2 Å². The number of aromatic nitrogens is 2. The Labute approximate surface area is 136 Å². The number of fused-ring (bicyclic) bond motifs is 1. The predicted octanol–water partition coefficient (Wildman–Crippen LogP) is 3.30. The maximum atomic E-state index is 12.9. The Bertz CT molecular complexity index is 822. The molecule has 0 saturated heterocycles. The number of pyridine rings is 1. The zero-order valence-electron chi connectivity index (χ0n) is 12.8. The first-order valence-electron chi connectivity index (χ1n) is 7.54. The molecular weight excluding hydrogens is 317 g/mol. The van der Waals surface area contributed by atoms with E-state index in [1.54, 1.807) is 6.07 Å². The van der Waals surface area contributed by atoms with Crippen LogP contribution in [0.2, 0.25) is 0 Å². The molecule has 126 valence electrons. The number of hydrogen-bond acceptors (Lipinski definition) is 3. The van der Waals surface area contributed by atoms with Crippen molar-refractivity contribution in [3.63, 3.8) is 0 Å². The van der Waals surface area contributed by atoms with E-state index in [9.17, 15) is 13.2 Å².